The van der Waals surface area contributed by atoms with Crippen molar-refractivity contribution in [2.75, 3.05) is 0 Å². The van der Waals surface area contributed by atoms with Crippen molar-refractivity contribution in [1.29, 1.82) is 0 Å². The summed E-state index contributed by atoms with van der Waals surface area (Å²) in [7, 11) is 0. The van der Waals surface area contributed by atoms with Gasteiger partial charge in [0.15, 0.2) is 0 Å². The highest BCUT2D eigenvalue weighted by atomic mass is 15.0. The number of hydrogen-bond donors (Lipinski definition) is 0. The smallest absolute Gasteiger partial charge is 0.138 e. The van der Waals surface area contributed by atoms with Crippen LogP contribution < -0.4 is 0 Å². The molecule has 0 saturated heterocycles. The largest absolute Gasteiger partial charge is 0.299 e. The van der Waals surface area contributed by atoms with E-state index in [9.17, 15) is 0 Å². The average Bonchev–Trinajstić information content (AvgIpc) is 3.53. The molecule has 10 aromatic rings. The summed E-state index contributed by atoms with van der Waals surface area (Å²) in [6.45, 7) is 0. The number of imidazole rings is 1. The molecule has 0 N–H and O–H groups in total. The zero-order valence-corrected chi connectivity index (χ0v) is 25.3. The molecule has 0 aliphatic heterocycles. The van der Waals surface area contributed by atoms with E-state index in [0.717, 1.165) is 77.2 Å². The maximum Gasteiger partial charge on any atom is 0.138 e. The van der Waals surface area contributed by atoms with Crippen molar-refractivity contribution in [2.24, 2.45) is 0 Å². The zero-order valence-electron chi connectivity index (χ0n) is 25.3. The van der Waals surface area contributed by atoms with Crippen LogP contribution in [0.3, 0.4) is 0 Å². The molecule has 0 aliphatic rings. The van der Waals surface area contributed by atoms with Crippen molar-refractivity contribution in [2.45, 2.75) is 0 Å². The molecule has 0 fully saturated rings. The van der Waals surface area contributed by atoms with Crippen LogP contribution >= 0.6 is 0 Å². The van der Waals surface area contributed by atoms with Crippen LogP contribution in [0, 0.1) is 0 Å². The Balaban J connectivity index is 1.23. The Labute approximate surface area is 270 Å². The highest BCUT2D eigenvalue weighted by Gasteiger charge is 2.20. The van der Waals surface area contributed by atoms with Crippen LogP contribution in [0.25, 0.3) is 93.5 Å². The Morgan fingerprint density at radius 3 is 1.66 bits per heavy atom. The molecule has 0 unspecified atom stereocenters. The molecule has 47 heavy (non-hydrogen) atoms. The van der Waals surface area contributed by atoms with E-state index in [1.54, 1.807) is 0 Å². The number of hydrogen-bond acceptors (Lipinski definition) is 3. The highest BCUT2D eigenvalue weighted by molar-refractivity contribution is 6.21. The van der Waals surface area contributed by atoms with E-state index >= 15 is 0 Å². The third-order valence-electron chi connectivity index (χ3n) is 9.44. The summed E-state index contributed by atoms with van der Waals surface area (Å²) in [5.41, 5.74) is 9.15. The summed E-state index contributed by atoms with van der Waals surface area (Å²) in [5.74, 6) is 0. The lowest BCUT2D eigenvalue weighted by Crippen LogP contribution is -1.93. The first-order valence-electron chi connectivity index (χ1n) is 15.9. The predicted octanol–water partition coefficient (Wildman–Crippen LogP) is 10.9. The molecule has 4 nitrogen and oxygen atoms in total. The number of benzene rings is 6. The molecule has 0 saturated carbocycles. The highest BCUT2D eigenvalue weighted by Crippen LogP contribution is 2.41. The third-order valence-corrected chi connectivity index (χ3v) is 9.44. The fraction of sp³-hybridized carbons (Fsp3) is 0. The zero-order chi connectivity index (χ0) is 30.9. The van der Waals surface area contributed by atoms with E-state index in [1.807, 2.05) is 12.3 Å². The van der Waals surface area contributed by atoms with Gasteiger partial charge in [0.25, 0.3) is 0 Å². The Morgan fingerprint density at radius 1 is 0.404 bits per heavy atom. The van der Waals surface area contributed by atoms with Crippen LogP contribution in [0.2, 0.25) is 0 Å². The summed E-state index contributed by atoms with van der Waals surface area (Å²) in [6, 6.07) is 51.5. The summed E-state index contributed by atoms with van der Waals surface area (Å²) in [6.07, 6.45) is 3.96. The van der Waals surface area contributed by atoms with Crippen molar-refractivity contribution in [3.05, 3.63) is 158 Å². The maximum absolute atomic E-state index is 5.36. The van der Waals surface area contributed by atoms with Gasteiger partial charge in [-0.2, -0.15) is 0 Å². The van der Waals surface area contributed by atoms with Gasteiger partial charge < -0.3 is 0 Å². The summed E-state index contributed by atoms with van der Waals surface area (Å²) >= 11 is 0. The molecule has 10 rings (SSSR count). The van der Waals surface area contributed by atoms with Gasteiger partial charge in [-0.05, 0) is 39.9 Å². The SMILES string of the molecule is c1ccc2c(-c3nc4ccccn4c3-c3ccc(-c4c5ccc6ccccc6c5nc5c4ccc4ccccc45)cc3)nccc2c1. The topological polar surface area (TPSA) is 43.1 Å². The second kappa shape index (κ2) is 10.1. The lowest BCUT2D eigenvalue weighted by molar-refractivity contribution is 1.19. The Kier molecular flexibility index (Phi) is 5.54. The fourth-order valence-electron chi connectivity index (χ4n) is 7.26. The monoisotopic (exact) mass is 598 g/mol. The van der Waals surface area contributed by atoms with Crippen LogP contribution in [0.5, 0.6) is 0 Å². The molecule has 0 aliphatic carbocycles. The number of nitrogens with zero attached hydrogens (tertiary/aromatic N) is 4. The molecule has 0 amide bonds. The number of aromatic nitrogens is 4. The van der Waals surface area contributed by atoms with E-state index in [2.05, 4.69) is 150 Å². The summed E-state index contributed by atoms with van der Waals surface area (Å²) < 4.78 is 2.17. The molecule has 0 spiro atoms. The first-order chi connectivity index (χ1) is 23.3. The van der Waals surface area contributed by atoms with Gasteiger partial charge in [0.1, 0.15) is 11.3 Å². The molecule has 6 aromatic carbocycles. The van der Waals surface area contributed by atoms with Crippen molar-refractivity contribution in [1.82, 2.24) is 19.4 Å². The van der Waals surface area contributed by atoms with Crippen molar-refractivity contribution >= 4 is 59.8 Å². The minimum atomic E-state index is 0.874. The average molecular weight is 599 g/mol. The third kappa shape index (κ3) is 3.92. The van der Waals surface area contributed by atoms with Crippen LogP contribution in [0.1, 0.15) is 0 Å². The van der Waals surface area contributed by atoms with E-state index in [-0.39, 0.29) is 0 Å². The van der Waals surface area contributed by atoms with Crippen LogP contribution in [0.15, 0.2) is 158 Å². The van der Waals surface area contributed by atoms with Gasteiger partial charge >= 0.3 is 0 Å². The molecule has 4 heterocycles. The Hall–Kier alpha value is -6.39. The van der Waals surface area contributed by atoms with E-state index in [1.165, 1.54) is 16.3 Å². The number of fused-ring (bicyclic) bond motifs is 8. The van der Waals surface area contributed by atoms with Crippen molar-refractivity contribution < 1.29 is 0 Å². The summed E-state index contributed by atoms with van der Waals surface area (Å²) in [5, 5.41) is 9.24. The fourth-order valence-corrected chi connectivity index (χ4v) is 7.26. The molecule has 4 heteroatoms. The maximum atomic E-state index is 5.36. The lowest BCUT2D eigenvalue weighted by atomic mass is 9.92. The van der Waals surface area contributed by atoms with E-state index in [0.29, 0.717) is 0 Å². The number of pyridine rings is 3. The van der Waals surface area contributed by atoms with Gasteiger partial charge in [-0.25, -0.2) is 9.97 Å². The Bertz CT molecular complexity index is 2750. The second-order valence-corrected chi connectivity index (χ2v) is 12.0. The summed E-state index contributed by atoms with van der Waals surface area (Å²) in [4.78, 5) is 15.3. The molecule has 0 atom stereocenters. The molecule has 0 radical (unpaired) electrons. The molecule has 4 aromatic heterocycles. The van der Waals surface area contributed by atoms with Crippen LogP contribution in [-0.4, -0.2) is 19.4 Å². The minimum Gasteiger partial charge on any atom is -0.299 e. The molecular formula is C43H26N4. The van der Waals surface area contributed by atoms with Gasteiger partial charge in [-0.1, -0.05) is 127 Å². The molecule has 218 valence electrons. The first kappa shape index (κ1) is 25.9. The van der Waals surface area contributed by atoms with Crippen molar-refractivity contribution in [3.63, 3.8) is 0 Å². The van der Waals surface area contributed by atoms with Gasteiger partial charge in [0.05, 0.1) is 22.4 Å². The minimum absolute atomic E-state index is 0.874. The van der Waals surface area contributed by atoms with Gasteiger partial charge in [-0.3, -0.25) is 9.38 Å². The first-order valence-corrected chi connectivity index (χ1v) is 15.9. The second-order valence-electron chi connectivity index (χ2n) is 12.0. The standard InChI is InChI=1S/C43H26N4/c1-4-12-32-27(9-1)20-22-35-38(36-23-21-28-10-2-5-13-33(28)40(36)46-39(32)35)30-16-18-31(19-17-30)43-42(45-37-15-7-8-26-47(37)43)41-34-14-6-3-11-29(34)24-25-44-41/h1-26H. The molecule has 0 bridgehead atoms. The van der Waals surface area contributed by atoms with Gasteiger partial charge in [0, 0.05) is 50.5 Å². The number of rotatable bonds is 3. The van der Waals surface area contributed by atoms with Crippen LogP contribution in [-0.2, 0) is 0 Å². The van der Waals surface area contributed by atoms with Gasteiger partial charge in [0.2, 0.25) is 0 Å². The van der Waals surface area contributed by atoms with Crippen LogP contribution in [0.4, 0.5) is 0 Å². The lowest BCUT2D eigenvalue weighted by Gasteiger charge is -2.15. The molecular weight excluding hydrogens is 573 g/mol. The van der Waals surface area contributed by atoms with E-state index < -0.39 is 0 Å². The predicted molar refractivity (Wildman–Crippen MR) is 195 cm³/mol. The van der Waals surface area contributed by atoms with Gasteiger partial charge in [-0.15, -0.1) is 0 Å². The normalized spacial score (nSPS) is 11.8. The van der Waals surface area contributed by atoms with Crippen molar-refractivity contribution in [3.8, 4) is 33.8 Å². The Morgan fingerprint density at radius 2 is 0.979 bits per heavy atom. The quantitative estimate of drug-likeness (QED) is 0.150. The van der Waals surface area contributed by atoms with E-state index in [4.69, 9.17) is 15.0 Å².